The molecule has 18 heavy (non-hydrogen) atoms. The Morgan fingerprint density at radius 3 is 2.39 bits per heavy atom. The Hall–Kier alpha value is -1.15. The van der Waals surface area contributed by atoms with Crippen molar-refractivity contribution in [2.45, 2.75) is 24.0 Å². The van der Waals surface area contributed by atoms with E-state index in [4.69, 9.17) is 16.7 Å². The van der Waals surface area contributed by atoms with Gasteiger partial charge in [-0.2, -0.15) is 4.72 Å². The molecule has 100 valence electrons. The number of carbonyl (C=O) groups is 1. The van der Waals surface area contributed by atoms with Crippen molar-refractivity contribution in [2.75, 3.05) is 0 Å². The molecule has 0 saturated carbocycles. The Bertz CT molecular complexity index is 543. The summed E-state index contributed by atoms with van der Waals surface area (Å²) in [6, 6.07) is 3.98. The highest BCUT2D eigenvalue weighted by molar-refractivity contribution is 7.89. The molecule has 0 heterocycles. The molecule has 0 aliphatic carbocycles. The maximum absolute atomic E-state index is 11.9. The van der Waals surface area contributed by atoms with E-state index < -0.39 is 28.1 Å². The summed E-state index contributed by atoms with van der Waals surface area (Å²) in [6.07, 6.45) is -1.38. The first-order valence-corrected chi connectivity index (χ1v) is 6.79. The molecule has 0 amide bonds. The maximum Gasteiger partial charge on any atom is 0.324 e. The average Bonchev–Trinajstić information content (AvgIpc) is 2.25. The Labute approximate surface area is 109 Å². The van der Waals surface area contributed by atoms with Gasteiger partial charge in [-0.3, -0.25) is 4.79 Å². The van der Waals surface area contributed by atoms with Gasteiger partial charge in [0, 0.05) is 0 Å². The van der Waals surface area contributed by atoms with Crippen LogP contribution in [0, 0.1) is 0 Å². The lowest BCUT2D eigenvalue weighted by Crippen LogP contribution is -2.47. The van der Waals surface area contributed by atoms with Crippen molar-refractivity contribution in [3.8, 4) is 0 Å². The average molecular weight is 294 g/mol. The van der Waals surface area contributed by atoms with Crippen LogP contribution in [0.3, 0.4) is 0 Å². The second-order valence-corrected chi connectivity index (χ2v) is 5.70. The van der Waals surface area contributed by atoms with Crippen LogP contribution in [0.25, 0.3) is 0 Å². The summed E-state index contributed by atoms with van der Waals surface area (Å²) in [7, 11) is -4.10. The molecule has 1 aromatic carbocycles. The minimum Gasteiger partial charge on any atom is -0.480 e. The van der Waals surface area contributed by atoms with Gasteiger partial charge in [0.1, 0.15) is 10.9 Å². The van der Waals surface area contributed by atoms with Gasteiger partial charge in [-0.1, -0.05) is 23.7 Å². The first-order valence-electron chi connectivity index (χ1n) is 4.93. The van der Waals surface area contributed by atoms with Gasteiger partial charge in [0.05, 0.1) is 11.1 Å². The zero-order valence-corrected chi connectivity index (χ0v) is 10.9. The third-order valence-electron chi connectivity index (χ3n) is 2.16. The molecule has 0 aromatic heterocycles. The molecule has 8 heteroatoms. The predicted molar refractivity (Wildman–Crippen MR) is 64.9 cm³/mol. The van der Waals surface area contributed by atoms with Gasteiger partial charge in [-0.05, 0) is 19.1 Å². The van der Waals surface area contributed by atoms with E-state index in [9.17, 15) is 18.3 Å². The fourth-order valence-electron chi connectivity index (χ4n) is 1.25. The Kier molecular flexibility index (Phi) is 4.69. The molecule has 0 spiro atoms. The van der Waals surface area contributed by atoms with E-state index in [2.05, 4.69) is 0 Å². The van der Waals surface area contributed by atoms with Crippen molar-refractivity contribution in [3.63, 3.8) is 0 Å². The number of sulfonamides is 1. The van der Waals surface area contributed by atoms with Crippen molar-refractivity contribution < 1.29 is 23.4 Å². The van der Waals surface area contributed by atoms with Crippen molar-refractivity contribution in [3.05, 3.63) is 29.3 Å². The van der Waals surface area contributed by atoms with Crippen LogP contribution in [0.1, 0.15) is 6.92 Å². The highest BCUT2D eigenvalue weighted by atomic mass is 35.5. The van der Waals surface area contributed by atoms with Crippen molar-refractivity contribution >= 4 is 27.6 Å². The smallest absolute Gasteiger partial charge is 0.324 e. The van der Waals surface area contributed by atoms with E-state index in [0.29, 0.717) is 0 Å². The number of hydrogen-bond donors (Lipinski definition) is 3. The lowest BCUT2D eigenvalue weighted by atomic mass is 10.2. The van der Waals surface area contributed by atoms with E-state index in [0.717, 1.165) is 0 Å². The first kappa shape index (κ1) is 14.9. The van der Waals surface area contributed by atoms with Crippen molar-refractivity contribution in [1.82, 2.24) is 4.72 Å². The molecule has 2 atom stereocenters. The zero-order chi connectivity index (χ0) is 13.9. The van der Waals surface area contributed by atoms with Crippen LogP contribution in [-0.4, -0.2) is 36.7 Å². The van der Waals surface area contributed by atoms with E-state index in [-0.39, 0.29) is 9.92 Å². The molecule has 2 unspecified atom stereocenters. The third kappa shape index (κ3) is 3.42. The number of aliphatic hydroxyl groups excluding tert-OH is 1. The van der Waals surface area contributed by atoms with Crippen LogP contribution >= 0.6 is 11.6 Å². The standard InChI is InChI=1S/C10H12ClNO5S/c1-6(13)9(10(14)15)12-18(16,17)8-5-3-2-4-7(8)11/h2-6,9,12-13H,1H3,(H,14,15). The maximum atomic E-state index is 11.9. The van der Waals surface area contributed by atoms with E-state index >= 15 is 0 Å². The molecule has 6 nitrogen and oxygen atoms in total. The van der Waals surface area contributed by atoms with Gasteiger partial charge < -0.3 is 10.2 Å². The van der Waals surface area contributed by atoms with Crippen molar-refractivity contribution in [2.24, 2.45) is 0 Å². The van der Waals surface area contributed by atoms with Gasteiger partial charge in [-0.25, -0.2) is 8.42 Å². The molecule has 0 aliphatic rings. The summed E-state index contributed by atoms with van der Waals surface area (Å²) in [5.41, 5.74) is 0. The fourth-order valence-corrected chi connectivity index (χ4v) is 3.03. The fraction of sp³-hybridized carbons (Fsp3) is 0.300. The molecule has 3 N–H and O–H groups in total. The van der Waals surface area contributed by atoms with Crippen LogP contribution < -0.4 is 4.72 Å². The number of hydrogen-bond acceptors (Lipinski definition) is 4. The number of aliphatic hydroxyl groups is 1. The molecule has 0 saturated heterocycles. The number of benzene rings is 1. The Morgan fingerprint density at radius 1 is 1.39 bits per heavy atom. The second-order valence-electron chi connectivity index (χ2n) is 3.61. The largest absolute Gasteiger partial charge is 0.480 e. The molecule has 0 aliphatic heterocycles. The summed E-state index contributed by atoms with van der Waals surface area (Å²) in [5.74, 6) is -1.47. The molecule has 1 rings (SSSR count). The van der Waals surface area contributed by atoms with Crippen LogP contribution in [0.5, 0.6) is 0 Å². The molecule has 0 bridgehead atoms. The van der Waals surface area contributed by atoms with Crippen LogP contribution in [0.15, 0.2) is 29.2 Å². The SMILES string of the molecule is CC(O)C(NS(=O)(=O)c1ccccc1Cl)C(=O)O. The van der Waals surface area contributed by atoms with Crippen LogP contribution in [0.2, 0.25) is 5.02 Å². The van der Waals surface area contributed by atoms with Crippen LogP contribution in [-0.2, 0) is 14.8 Å². The first-order chi connectivity index (χ1) is 8.25. The summed E-state index contributed by atoms with van der Waals surface area (Å²) < 4.78 is 25.7. The lowest BCUT2D eigenvalue weighted by Gasteiger charge is -2.17. The quantitative estimate of drug-likeness (QED) is 0.731. The lowest BCUT2D eigenvalue weighted by molar-refractivity contribution is -0.141. The minimum atomic E-state index is -4.10. The molecular weight excluding hydrogens is 282 g/mol. The zero-order valence-electron chi connectivity index (χ0n) is 9.37. The van der Waals surface area contributed by atoms with Gasteiger partial charge >= 0.3 is 5.97 Å². The van der Waals surface area contributed by atoms with Gasteiger partial charge in [0.15, 0.2) is 0 Å². The van der Waals surface area contributed by atoms with Gasteiger partial charge in [0.25, 0.3) is 0 Å². The van der Waals surface area contributed by atoms with E-state index in [1.54, 1.807) is 6.07 Å². The Morgan fingerprint density at radius 2 is 1.94 bits per heavy atom. The molecule has 0 fully saturated rings. The van der Waals surface area contributed by atoms with E-state index in [1.165, 1.54) is 25.1 Å². The molecular formula is C10H12ClNO5S. The number of aliphatic carboxylic acids is 1. The van der Waals surface area contributed by atoms with E-state index in [1.807, 2.05) is 4.72 Å². The monoisotopic (exact) mass is 293 g/mol. The molecule has 0 radical (unpaired) electrons. The number of nitrogens with one attached hydrogen (secondary N) is 1. The molecule has 1 aromatic rings. The second kappa shape index (κ2) is 5.66. The summed E-state index contributed by atoms with van der Waals surface area (Å²) >= 11 is 5.72. The number of halogens is 1. The van der Waals surface area contributed by atoms with Crippen molar-refractivity contribution in [1.29, 1.82) is 0 Å². The number of rotatable bonds is 5. The highest BCUT2D eigenvalue weighted by Crippen LogP contribution is 2.20. The van der Waals surface area contributed by atoms with Crippen LogP contribution in [0.4, 0.5) is 0 Å². The summed E-state index contributed by atoms with van der Waals surface area (Å²) in [6.45, 7) is 1.17. The normalized spacial score (nSPS) is 15.1. The van der Waals surface area contributed by atoms with Gasteiger partial charge in [0.2, 0.25) is 10.0 Å². The number of carboxylic acid groups (broad SMARTS) is 1. The third-order valence-corrected chi connectivity index (χ3v) is 4.10. The topological polar surface area (TPSA) is 104 Å². The Balaban J connectivity index is 3.09. The number of carboxylic acids is 1. The van der Waals surface area contributed by atoms with Gasteiger partial charge in [-0.15, -0.1) is 0 Å². The summed E-state index contributed by atoms with van der Waals surface area (Å²) in [4.78, 5) is 10.6. The minimum absolute atomic E-state index is 0.0280. The highest BCUT2D eigenvalue weighted by Gasteiger charge is 2.30. The summed E-state index contributed by atoms with van der Waals surface area (Å²) in [5, 5.41) is 18.0. The predicted octanol–water partition coefficient (Wildman–Crippen LogP) is 0.452.